The van der Waals surface area contributed by atoms with Crippen molar-refractivity contribution < 1.29 is 42.9 Å². The molecule has 0 aliphatic carbocycles. The lowest BCUT2D eigenvalue weighted by molar-refractivity contribution is -0.137. The predicted molar refractivity (Wildman–Crippen MR) is 157 cm³/mol. The molecule has 10 heteroatoms. The number of hydrogen-bond acceptors (Lipinski definition) is 9. The van der Waals surface area contributed by atoms with E-state index in [0.717, 1.165) is 6.08 Å². The lowest BCUT2D eigenvalue weighted by Gasteiger charge is -2.09. The van der Waals surface area contributed by atoms with Crippen molar-refractivity contribution in [1.82, 2.24) is 0 Å². The number of unbranched alkanes of at least 4 members (excludes halogenated alkanes) is 1. The van der Waals surface area contributed by atoms with Gasteiger partial charge in [0, 0.05) is 11.8 Å². The first-order chi connectivity index (χ1) is 20.4. The van der Waals surface area contributed by atoms with Crippen molar-refractivity contribution in [3.63, 3.8) is 0 Å². The molecular formula is C32H35NO9. The van der Waals surface area contributed by atoms with E-state index < -0.39 is 24.0 Å². The maximum atomic E-state index is 12.5. The number of carbonyl (C=O) groups excluding carboxylic acids is 4. The van der Waals surface area contributed by atoms with Gasteiger partial charge in [0.15, 0.2) is 0 Å². The summed E-state index contributed by atoms with van der Waals surface area (Å²) in [5.74, 6) is -0.470. The van der Waals surface area contributed by atoms with Crippen LogP contribution in [-0.4, -0.2) is 43.8 Å². The second-order valence-corrected chi connectivity index (χ2v) is 8.12. The van der Waals surface area contributed by atoms with Crippen molar-refractivity contribution >= 4 is 29.7 Å². The van der Waals surface area contributed by atoms with Crippen molar-refractivity contribution in [1.29, 1.82) is 0 Å². The van der Waals surface area contributed by atoms with Crippen LogP contribution in [0.4, 0.5) is 10.5 Å². The van der Waals surface area contributed by atoms with E-state index in [9.17, 15) is 19.2 Å². The quantitative estimate of drug-likeness (QED) is 0.103. The van der Waals surface area contributed by atoms with E-state index in [1.807, 2.05) is 13.8 Å². The summed E-state index contributed by atoms with van der Waals surface area (Å²) in [5.41, 5.74) is 1.09. The fraction of sp³-hybridized carbons (Fsp3) is 0.250. The van der Waals surface area contributed by atoms with Gasteiger partial charge in [-0.1, -0.05) is 20.4 Å². The van der Waals surface area contributed by atoms with E-state index in [0.29, 0.717) is 43.1 Å². The monoisotopic (exact) mass is 577 g/mol. The molecule has 0 unspecified atom stereocenters. The van der Waals surface area contributed by atoms with Gasteiger partial charge in [-0.05, 0) is 92.6 Å². The zero-order valence-electron chi connectivity index (χ0n) is 23.9. The first-order valence-electron chi connectivity index (χ1n) is 13.5. The minimum absolute atomic E-state index is 0.248. The van der Waals surface area contributed by atoms with Crippen LogP contribution < -0.4 is 19.5 Å². The molecule has 0 fully saturated rings. The maximum absolute atomic E-state index is 12.5. The smallest absolute Gasteiger partial charge is 0.411 e. The maximum Gasteiger partial charge on any atom is 0.411 e. The molecule has 10 nitrogen and oxygen atoms in total. The first kappa shape index (κ1) is 33.1. The van der Waals surface area contributed by atoms with Crippen LogP contribution in [0.3, 0.4) is 0 Å². The summed E-state index contributed by atoms with van der Waals surface area (Å²) >= 11 is 0. The molecule has 1 amide bonds. The lowest BCUT2D eigenvalue weighted by atomic mass is 10.2. The second-order valence-electron chi connectivity index (χ2n) is 8.12. The first-order valence-corrected chi connectivity index (χ1v) is 13.5. The highest BCUT2D eigenvalue weighted by Gasteiger charge is 2.12. The summed E-state index contributed by atoms with van der Waals surface area (Å²) in [6.07, 6.45) is 1.89. The Kier molecular flexibility index (Phi) is 14.4. The summed E-state index contributed by atoms with van der Waals surface area (Å²) < 4.78 is 26.1. The van der Waals surface area contributed by atoms with Gasteiger partial charge in [-0.3, -0.25) is 5.32 Å². The van der Waals surface area contributed by atoms with E-state index in [-0.39, 0.29) is 23.7 Å². The Balaban J connectivity index is 0.00000301. The molecular weight excluding hydrogens is 542 g/mol. The largest absolute Gasteiger partial charge is 0.494 e. The Morgan fingerprint density at radius 2 is 1.17 bits per heavy atom. The normalized spacial score (nSPS) is 9.79. The summed E-state index contributed by atoms with van der Waals surface area (Å²) in [7, 11) is 0. The van der Waals surface area contributed by atoms with Crippen LogP contribution in [0.1, 0.15) is 54.3 Å². The van der Waals surface area contributed by atoms with Crippen LogP contribution in [0.2, 0.25) is 0 Å². The molecule has 0 aromatic heterocycles. The average Bonchev–Trinajstić information content (AvgIpc) is 3.01. The Morgan fingerprint density at radius 1 is 0.690 bits per heavy atom. The number of amides is 1. The third kappa shape index (κ3) is 11.5. The number of rotatable bonds is 13. The SMILES string of the molecule is C=CC(=O)OCCCCOc1ccc(C(=O)Oc2ccc(OC(=O)c3ccc(NC(=O)OCC)cc3)cc2)cc1.CC. The summed E-state index contributed by atoms with van der Waals surface area (Å²) in [5, 5.41) is 2.54. The molecule has 42 heavy (non-hydrogen) atoms. The van der Waals surface area contributed by atoms with Gasteiger partial charge in [-0.25, -0.2) is 19.2 Å². The van der Waals surface area contributed by atoms with Crippen LogP contribution in [0.15, 0.2) is 85.5 Å². The molecule has 0 aliphatic rings. The highest BCUT2D eigenvalue weighted by atomic mass is 16.6. The number of hydrogen-bond donors (Lipinski definition) is 1. The molecule has 3 aromatic carbocycles. The Hall–Kier alpha value is -5.12. The van der Waals surface area contributed by atoms with E-state index >= 15 is 0 Å². The number of carbonyl (C=O) groups is 4. The van der Waals surface area contributed by atoms with Gasteiger partial charge in [-0.15, -0.1) is 0 Å². The van der Waals surface area contributed by atoms with Crippen LogP contribution in [0, 0.1) is 0 Å². The van der Waals surface area contributed by atoms with Crippen molar-refractivity contribution in [3.8, 4) is 17.2 Å². The summed E-state index contributed by atoms with van der Waals surface area (Å²) in [4.78, 5) is 47.4. The third-order valence-corrected chi connectivity index (χ3v) is 5.20. The van der Waals surface area contributed by atoms with Gasteiger partial charge in [0.25, 0.3) is 0 Å². The Morgan fingerprint density at radius 3 is 1.67 bits per heavy atom. The molecule has 3 aromatic rings. The van der Waals surface area contributed by atoms with E-state index in [1.54, 1.807) is 43.3 Å². The highest BCUT2D eigenvalue weighted by Crippen LogP contribution is 2.21. The van der Waals surface area contributed by atoms with Gasteiger partial charge in [-0.2, -0.15) is 0 Å². The summed E-state index contributed by atoms with van der Waals surface area (Å²) in [6, 6.07) is 18.7. The van der Waals surface area contributed by atoms with Gasteiger partial charge in [0.2, 0.25) is 0 Å². The number of nitrogens with one attached hydrogen (secondary N) is 1. The Labute approximate surface area is 245 Å². The standard InChI is InChI=1S/C30H29NO9.C2H6/c1-3-27(32)38-20-6-5-19-37-24-13-9-22(10-14-24)29(34)40-26-17-15-25(16-18-26)39-28(33)21-7-11-23(12-8-21)31-30(35)36-4-2;1-2/h3,7-18H,1,4-6,19-20H2,2H3,(H,31,35);1-2H3. The van der Waals surface area contributed by atoms with Gasteiger partial charge in [0.1, 0.15) is 17.2 Å². The van der Waals surface area contributed by atoms with Crippen LogP contribution in [-0.2, 0) is 14.3 Å². The minimum atomic E-state index is -0.592. The number of benzene rings is 3. The molecule has 0 atom stereocenters. The Bertz CT molecular complexity index is 1300. The summed E-state index contributed by atoms with van der Waals surface area (Å²) in [6.45, 7) is 10.0. The molecule has 3 rings (SSSR count). The molecule has 0 aliphatic heterocycles. The van der Waals surface area contributed by atoms with Crippen LogP contribution in [0.5, 0.6) is 17.2 Å². The number of anilines is 1. The van der Waals surface area contributed by atoms with Gasteiger partial charge < -0.3 is 23.7 Å². The molecule has 0 spiro atoms. The fourth-order valence-corrected chi connectivity index (χ4v) is 3.20. The molecule has 0 heterocycles. The van der Waals surface area contributed by atoms with E-state index in [2.05, 4.69) is 11.9 Å². The highest BCUT2D eigenvalue weighted by molar-refractivity contribution is 5.93. The van der Waals surface area contributed by atoms with Gasteiger partial charge in [0.05, 0.1) is 30.9 Å². The molecule has 1 N–H and O–H groups in total. The number of esters is 3. The zero-order chi connectivity index (χ0) is 30.7. The molecule has 0 saturated carbocycles. The van der Waals surface area contributed by atoms with Crippen molar-refractivity contribution in [2.24, 2.45) is 0 Å². The third-order valence-electron chi connectivity index (χ3n) is 5.20. The molecule has 222 valence electrons. The zero-order valence-corrected chi connectivity index (χ0v) is 23.9. The van der Waals surface area contributed by atoms with E-state index in [1.165, 1.54) is 36.4 Å². The lowest BCUT2D eigenvalue weighted by Crippen LogP contribution is -2.13. The predicted octanol–water partition coefficient (Wildman–Crippen LogP) is 6.61. The fourth-order valence-electron chi connectivity index (χ4n) is 3.20. The molecule has 0 bridgehead atoms. The minimum Gasteiger partial charge on any atom is -0.494 e. The van der Waals surface area contributed by atoms with Crippen molar-refractivity contribution in [3.05, 3.63) is 96.6 Å². The van der Waals surface area contributed by atoms with Crippen LogP contribution >= 0.6 is 0 Å². The van der Waals surface area contributed by atoms with Gasteiger partial charge >= 0.3 is 24.0 Å². The topological polar surface area (TPSA) is 126 Å². The van der Waals surface area contributed by atoms with Crippen LogP contribution in [0.25, 0.3) is 0 Å². The second kappa shape index (κ2) is 18.3. The molecule has 0 radical (unpaired) electrons. The number of ether oxygens (including phenoxy) is 5. The molecule has 0 saturated heterocycles. The average molecular weight is 578 g/mol. The van der Waals surface area contributed by atoms with E-state index in [4.69, 9.17) is 23.7 Å². The van der Waals surface area contributed by atoms with Crippen molar-refractivity contribution in [2.75, 3.05) is 25.1 Å². The van der Waals surface area contributed by atoms with Crippen molar-refractivity contribution in [2.45, 2.75) is 33.6 Å².